The summed E-state index contributed by atoms with van der Waals surface area (Å²) < 4.78 is 28.5. The lowest BCUT2D eigenvalue weighted by molar-refractivity contribution is 0.275. The zero-order valence-corrected chi connectivity index (χ0v) is 11.0. The summed E-state index contributed by atoms with van der Waals surface area (Å²) in [5.41, 5.74) is 2.03. The van der Waals surface area contributed by atoms with Gasteiger partial charge in [0.2, 0.25) is 0 Å². The van der Waals surface area contributed by atoms with Crippen LogP contribution in [0.4, 0.5) is 0 Å². The Balaban J connectivity index is 2.94. The molecule has 0 atom stereocenters. The average molecular weight is 242 g/mol. The molecule has 1 aromatic rings. The molecule has 4 heteroatoms. The zero-order chi connectivity index (χ0) is 12.3. The van der Waals surface area contributed by atoms with Gasteiger partial charge in [0.1, 0.15) is 0 Å². The van der Waals surface area contributed by atoms with E-state index >= 15 is 0 Å². The van der Waals surface area contributed by atoms with Crippen LogP contribution in [0.1, 0.15) is 25.0 Å². The van der Waals surface area contributed by atoms with Gasteiger partial charge in [-0.3, -0.25) is 4.18 Å². The van der Waals surface area contributed by atoms with Gasteiger partial charge in [-0.1, -0.05) is 19.9 Å². The molecular weight excluding hydrogens is 224 g/mol. The van der Waals surface area contributed by atoms with Crippen molar-refractivity contribution in [3.8, 4) is 0 Å². The summed E-state index contributed by atoms with van der Waals surface area (Å²) in [4.78, 5) is 0.233. The van der Waals surface area contributed by atoms with Gasteiger partial charge in [0, 0.05) is 0 Å². The van der Waals surface area contributed by atoms with E-state index in [2.05, 4.69) is 0 Å². The third kappa shape index (κ3) is 3.32. The molecule has 0 N–H and O–H groups in total. The van der Waals surface area contributed by atoms with Crippen LogP contribution in [-0.4, -0.2) is 15.0 Å². The fraction of sp³-hybridized carbons (Fsp3) is 0.500. The van der Waals surface area contributed by atoms with Gasteiger partial charge in [-0.05, 0) is 43.0 Å². The summed E-state index contributed by atoms with van der Waals surface area (Å²) in [6.45, 7) is 7.87. The standard InChI is InChI=1S/C12H18O3S/c1-9(2)8-15-16(13,14)12-6-5-10(3)11(4)7-12/h5-7,9H,8H2,1-4H3. The van der Waals surface area contributed by atoms with Crippen molar-refractivity contribution < 1.29 is 12.6 Å². The third-order valence-electron chi connectivity index (χ3n) is 2.32. The van der Waals surface area contributed by atoms with Crippen molar-refractivity contribution in [2.24, 2.45) is 5.92 Å². The normalized spacial score (nSPS) is 12.1. The maximum absolute atomic E-state index is 11.8. The first kappa shape index (κ1) is 13.2. The number of benzene rings is 1. The van der Waals surface area contributed by atoms with Crippen LogP contribution in [0.3, 0.4) is 0 Å². The van der Waals surface area contributed by atoms with Crippen LogP contribution in [0.5, 0.6) is 0 Å². The van der Waals surface area contributed by atoms with E-state index in [4.69, 9.17) is 4.18 Å². The summed E-state index contributed by atoms with van der Waals surface area (Å²) in [5.74, 6) is 0.196. The highest BCUT2D eigenvalue weighted by Crippen LogP contribution is 2.17. The van der Waals surface area contributed by atoms with E-state index in [-0.39, 0.29) is 17.4 Å². The van der Waals surface area contributed by atoms with Crippen molar-refractivity contribution in [3.05, 3.63) is 29.3 Å². The molecule has 90 valence electrons. The van der Waals surface area contributed by atoms with E-state index in [1.54, 1.807) is 18.2 Å². The number of rotatable bonds is 4. The summed E-state index contributed by atoms with van der Waals surface area (Å²) in [5, 5.41) is 0. The maximum Gasteiger partial charge on any atom is 0.296 e. The minimum Gasteiger partial charge on any atom is -0.266 e. The first-order valence-electron chi connectivity index (χ1n) is 5.29. The van der Waals surface area contributed by atoms with E-state index in [1.807, 2.05) is 27.7 Å². The molecule has 1 rings (SSSR count). The van der Waals surface area contributed by atoms with Gasteiger partial charge in [-0.15, -0.1) is 0 Å². The molecule has 0 aromatic heterocycles. The number of hydrogen-bond donors (Lipinski definition) is 0. The zero-order valence-electron chi connectivity index (χ0n) is 10.1. The van der Waals surface area contributed by atoms with Gasteiger partial charge in [0.15, 0.2) is 0 Å². The van der Waals surface area contributed by atoms with Crippen molar-refractivity contribution in [1.82, 2.24) is 0 Å². The predicted octanol–water partition coefficient (Wildman–Crippen LogP) is 2.66. The molecule has 0 fully saturated rings. The Morgan fingerprint density at radius 2 is 1.81 bits per heavy atom. The quantitative estimate of drug-likeness (QED) is 0.762. The van der Waals surface area contributed by atoms with Crippen LogP contribution in [0.25, 0.3) is 0 Å². The molecule has 0 radical (unpaired) electrons. The molecule has 0 heterocycles. The van der Waals surface area contributed by atoms with Gasteiger partial charge in [0.05, 0.1) is 11.5 Å². The monoisotopic (exact) mass is 242 g/mol. The maximum atomic E-state index is 11.8. The summed E-state index contributed by atoms with van der Waals surface area (Å²) in [6, 6.07) is 5.02. The van der Waals surface area contributed by atoms with Gasteiger partial charge in [0.25, 0.3) is 10.1 Å². The van der Waals surface area contributed by atoms with E-state index < -0.39 is 10.1 Å². The third-order valence-corrected chi connectivity index (χ3v) is 3.60. The largest absolute Gasteiger partial charge is 0.296 e. The van der Waals surface area contributed by atoms with Crippen molar-refractivity contribution in [2.45, 2.75) is 32.6 Å². The molecule has 0 unspecified atom stereocenters. The van der Waals surface area contributed by atoms with Crippen molar-refractivity contribution in [1.29, 1.82) is 0 Å². The van der Waals surface area contributed by atoms with Crippen LogP contribution in [0, 0.1) is 19.8 Å². The second-order valence-electron chi connectivity index (χ2n) is 4.38. The van der Waals surface area contributed by atoms with Gasteiger partial charge in [-0.2, -0.15) is 8.42 Å². The minimum absolute atomic E-state index is 0.196. The second-order valence-corrected chi connectivity index (χ2v) is 5.99. The Bertz CT molecular complexity index is 461. The van der Waals surface area contributed by atoms with Crippen molar-refractivity contribution in [2.75, 3.05) is 6.61 Å². The molecule has 0 spiro atoms. The molecule has 0 aliphatic heterocycles. The first-order valence-corrected chi connectivity index (χ1v) is 6.70. The van der Waals surface area contributed by atoms with Gasteiger partial charge >= 0.3 is 0 Å². The summed E-state index contributed by atoms with van der Waals surface area (Å²) in [6.07, 6.45) is 0. The van der Waals surface area contributed by atoms with E-state index in [1.165, 1.54) is 0 Å². The lowest BCUT2D eigenvalue weighted by Crippen LogP contribution is -2.11. The highest BCUT2D eigenvalue weighted by Gasteiger charge is 2.16. The molecule has 16 heavy (non-hydrogen) atoms. The molecule has 0 aliphatic carbocycles. The predicted molar refractivity (Wildman–Crippen MR) is 63.9 cm³/mol. The Labute approximate surface area is 97.6 Å². The SMILES string of the molecule is Cc1ccc(S(=O)(=O)OCC(C)C)cc1C. The smallest absolute Gasteiger partial charge is 0.266 e. The van der Waals surface area contributed by atoms with Gasteiger partial charge in [-0.25, -0.2) is 0 Å². The van der Waals surface area contributed by atoms with E-state index in [9.17, 15) is 8.42 Å². The molecule has 0 aliphatic rings. The van der Waals surface area contributed by atoms with Gasteiger partial charge < -0.3 is 0 Å². The minimum atomic E-state index is -3.59. The van der Waals surface area contributed by atoms with Crippen LogP contribution >= 0.6 is 0 Å². The fourth-order valence-corrected chi connectivity index (χ4v) is 2.31. The topological polar surface area (TPSA) is 43.4 Å². The van der Waals surface area contributed by atoms with Crippen LogP contribution in [0.15, 0.2) is 23.1 Å². The van der Waals surface area contributed by atoms with Crippen LogP contribution < -0.4 is 0 Å². The fourth-order valence-electron chi connectivity index (χ4n) is 1.16. The molecule has 0 saturated carbocycles. The number of aryl methyl sites for hydroxylation is 2. The lowest BCUT2D eigenvalue weighted by Gasteiger charge is -2.09. The van der Waals surface area contributed by atoms with Crippen LogP contribution in [-0.2, 0) is 14.3 Å². The molecule has 0 saturated heterocycles. The Kier molecular flexibility index (Phi) is 4.10. The van der Waals surface area contributed by atoms with Crippen molar-refractivity contribution in [3.63, 3.8) is 0 Å². The van der Waals surface area contributed by atoms with Crippen molar-refractivity contribution >= 4 is 10.1 Å². The first-order chi connectivity index (χ1) is 7.33. The highest BCUT2D eigenvalue weighted by molar-refractivity contribution is 7.86. The second kappa shape index (κ2) is 4.97. The molecular formula is C12H18O3S. The van der Waals surface area contributed by atoms with Crippen LogP contribution in [0.2, 0.25) is 0 Å². The number of hydrogen-bond acceptors (Lipinski definition) is 3. The molecule has 3 nitrogen and oxygen atoms in total. The molecule has 0 bridgehead atoms. The van der Waals surface area contributed by atoms with E-state index in [0.29, 0.717) is 0 Å². The Morgan fingerprint density at radius 3 is 2.31 bits per heavy atom. The Morgan fingerprint density at radius 1 is 1.19 bits per heavy atom. The molecule has 0 amide bonds. The lowest BCUT2D eigenvalue weighted by atomic mass is 10.1. The molecule has 1 aromatic carbocycles. The average Bonchev–Trinajstić information content (AvgIpc) is 2.19. The summed E-state index contributed by atoms with van der Waals surface area (Å²) >= 11 is 0. The Hall–Kier alpha value is -0.870. The summed E-state index contributed by atoms with van der Waals surface area (Å²) in [7, 11) is -3.59. The van der Waals surface area contributed by atoms with E-state index in [0.717, 1.165) is 11.1 Å². The highest BCUT2D eigenvalue weighted by atomic mass is 32.2.